The van der Waals surface area contributed by atoms with Gasteiger partial charge in [-0.05, 0) is 25.0 Å². The van der Waals surface area contributed by atoms with Gasteiger partial charge in [-0.1, -0.05) is 37.2 Å². The van der Waals surface area contributed by atoms with Crippen LogP contribution in [0.15, 0.2) is 24.3 Å². The fraction of sp³-hybridized carbons (Fsp3) is 0.429. The molecule has 0 saturated heterocycles. The molecule has 3 nitrogen and oxygen atoms in total. The van der Waals surface area contributed by atoms with Crippen molar-refractivity contribution in [2.45, 2.75) is 31.7 Å². The minimum Gasteiger partial charge on any atom is -0.392 e. The van der Waals surface area contributed by atoms with E-state index in [1.54, 1.807) is 17.0 Å². The van der Waals surface area contributed by atoms with E-state index in [0.29, 0.717) is 0 Å². The Morgan fingerprint density at radius 1 is 1.37 bits per heavy atom. The van der Waals surface area contributed by atoms with Crippen LogP contribution in [0.3, 0.4) is 0 Å². The molecule has 0 aromatic heterocycles. The maximum absolute atomic E-state index is 13.7. The normalized spacial score (nSPS) is 15.4. The van der Waals surface area contributed by atoms with Crippen LogP contribution in [0, 0.1) is 5.82 Å². The van der Waals surface area contributed by atoms with Crippen molar-refractivity contribution in [2.75, 3.05) is 6.54 Å². The highest BCUT2D eigenvalue weighted by Gasteiger charge is 2.28. The molecule has 0 unspecified atom stereocenters. The smallest absolute Gasteiger partial charge is 0.257 e. The zero-order valence-corrected chi connectivity index (χ0v) is 11.5. The predicted octanol–water partition coefficient (Wildman–Crippen LogP) is 2.50. The minimum absolute atomic E-state index is 0.0886. The van der Waals surface area contributed by atoms with Gasteiger partial charge in [-0.2, -0.15) is 0 Å². The number of amides is 1. The molecule has 0 bridgehead atoms. The van der Waals surface area contributed by atoms with E-state index in [-0.39, 0.29) is 29.0 Å². The third-order valence-corrected chi connectivity index (χ3v) is 3.59. The maximum Gasteiger partial charge on any atom is 0.257 e. The van der Waals surface area contributed by atoms with Gasteiger partial charge < -0.3 is 10.6 Å². The van der Waals surface area contributed by atoms with E-state index in [4.69, 9.17) is 18.0 Å². The number of carbonyl (C=O) groups is 1. The predicted molar refractivity (Wildman–Crippen MR) is 76.5 cm³/mol. The molecule has 2 N–H and O–H groups in total. The average molecular weight is 280 g/mol. The molecule has 1 fully saturated rings. The second-order valence-electron chi connectivity index (χ2n) is 4.82. The van der Waals surface area contributed by atoms with Gasteiger partial charge in [-0.25, -0.2) is 4.39 Å². The Morgan fingerprint density at radius 2 is 2.00 bits per heavy atom. The summed E-state index contributed by atoms with van der Waals surface area (Å²) in [4.78, 5) is 14.3. The Kier molecular flexibility index (Phi) is 4.47. The number of thiocarbonyl (C=S) groups is 1. The van der Waals surface area contributed by atoms with E-state index < -0.39 is 5.82 Å². The Balaban J connectivity index is 2.24. The van der Waals surface area contributed by atoms with E-state index in [9.17, 15) is 9.18 Å². The first-order valence-corrected chi connectivity index (χ1v) is 6.84. The molecule has 0 aliphatic heterocycles. The summed E-state index contributed by atoms with van der Waals surface area (Å²) >= 11 is 4.90. The number of nitrogens with two attached hydrogens (primary N) is 1. The van der Waals surface area contributed by atoms with E-state index >= 15 is 0 Å². The second kappa shape index (κ2) is 6.10. The topological polar surface area (TPSA) is 46.3 Å². The zero-order valence-electron chi connectivity index (χ0n) is 10.6. The van der Waals surface area contributed by atoms with Crippen LogP contribution in [0.2, 0.25) is 0 Å². The van der Waals surface area contributed by atoms with Crippen LogP contribution >= 0.6 is 12.2 Å². The summed E-state index contributed by atoms with van der Waals surface area (Å²) in [7, 11) is 0. The molecule has 19 heavy (non-hydrogen) atoms. The van der Waals surface area contributed by atoms with Gasteiger partial charge in [0.25, 0.3) is 5.91 Å². The fourth-order valence-electron chi connectivity index (χ4n) is 2.54. The highest BCUT2D eigenvalue weighted by molar-refractivity contribution is 7.80. The molecule has 1 aliphatic rings. The summed E-state index contributed by atoms with van der Waals surface area (Å²) < 4.78 is 13.7. The maximum atomic E-state index is 13.7. The van der Waals surface area contributed by atoms with Gasteiger partial charge in [-0.15, -0.1) is 0 Å². The van der Waals surface area contributed by atoms with Crippen molar-refractivity contribution < 1.29 is 9.18 Å². The molecule has 1 saturated carbocycles. The number of rotatable bonds is 4. The standard InChI is InChI=1S/C14H17FN2OS/c15-12-8-4-3-7-11(12)14(18)17(9-13(16)19)10-5-1-2-6-10/h3-4,7-8,10H,1-2,5-6,9H2,(H2,16,19). The van der Waals surface area contributed by atoms with Crippen molar-refractivity contribution in [1.29, 1.82) is 0 Å². The van der Waals surface area contributed by atoms with Gasteiger partial charge in [0.05, 0.1) is 17.1 Å². The van der Waals surface area contributed by atoms with E-state index in [1.165, 1.54) is 12.1 Å². The van der Waals surface area contributed by atoms with Gasteiger partial charge in [-0.3, -0.25) is 4.79 Å². The van der Waals surface area contributed by atoms with Gasteiger partial charge >= 0.3 is 0 Å². The van der Waals surface area contributed by atoms with Crippen LogP contribution in [0.5, 0.6) is 0 Å². The molecule has 1 amide bonds. The number of halogens is 1. The van der Waals surface area contributed by atoms with Crippen LogP contribution in [0.1, 0.15) is 36.0 Å². The molecule has 5 heteroatoms. The van der Waals surface area contributed by atoms with Gasteiger partial charge in [0.15, 0.2) is 0 Å². The van der Waals surface area contributed by atoms with Crippen molar-refractivity contribution in [3.8, 4) is 0 Å². The van der Waals surface area contributed by atoms with Gasteiger partial charge in [0.1, 0.15) is 5.82 Å². The number of benzene rings is 1. The number of carbonyl (C=O) groups excluding carboxylic acids is 1. The lowest BCUT2D eigenvalue weighted by atomic mass is 10.1. The lowest BCUT2D eigenvalue weighted by Crippen LogP contribution is -2.43. The summed E-state index contributed by atoms with van der Waals surface area (Å²) in [5.41, 5.74) is 5.65. The van der Waals surface area contributed by atoms with Crippen LogP contribution in [0.4, 0.5) is 4.39 Å². The molecule has 102 valence electrons. The first-order chi connectivity index (χ1) is 9.09. The molecular formula is C14H17FN2OS. The first kappa shape index (κ1) is 13.9. The van der Waals surface area contributed by atoms with Gasteiger partial charge in [0.2, 0.25) is 0 Å². The van der Waals surface area contributed by atoms with E-state index in [2.05, 4.69) is 0 Å². The summed E-state index contributed by atoms with van der Waals surface area (Å²) in [5, 5.41) is 0. The Morgan fingerprint density at radius 3 is 2.58 bits per heavy atom. The van der Waals surface area contributed by atoms with Crippen molar-refractivity contribution in [3.63, 3.8) is 0 Å². The summed E-state index contributed by atoms with van der Waals surface area (Å²) in [5.74, 6) is -0.823. The van der Waals surface area contributed by atoms with Crippen LogP contribution in [-0.4, -0.2) is 28.4 Å². The average Bonchev–Trinajstić information content (AvgIpc) is 2.89. The molecule has 0 radical (unpaired) electrons. The van der Waals surface area contributed by atoms with E-state index in [0.717, 1.165) is 25.7 Å². The van der Waals surface area contributed by atoms with Gasteiger partial charge in [0, 0.05) is 6.04 Å². The molecule has 0 spiro atoms. The molecule has 1 aromatic rings. The number of hydrogen-bond acceptors (Lipinski definition) is 2. The lowest BCUT2D eigenvalue weighted by Gasteiger charge is -2.28. The van der Waals surface area contributed by atoms with Crippen LogP contribution in [-0.2, 0) is 0 Å². The van der Waals surface area contributed by atoms with Crippen molar-refractivity contribution in [3.05, 3.63) is 35.6 Å². The molecule has 1 aromatic carbocycles. The van der Waals surface area contributed by atoms with Crippen LogP contribution in [0.25, 0.3) is 0 Å². The molecule has 0 atom stereocenters. The number of nitrogens with zero attached hydrogens (tertiary/aromatic N) is 1. The summed E-state index contributed by atoms with van der Waals surface area (Å²) in [6.07, 6.45) is 4.04. The monoisotopic (exact) mass is 280 g/mol. The molecule has 0 heterocycles. The quantitative estimate of drug-likeness (QED) is 0.862. The summed E-state index contributed by atoms with van der Waals surface area (Å²) in [6.45, 7) is 0.215. The highest BCUT2D eigenvalue weighted by Crippen LogP contribution is 2.25. The Bertz CT molecular complexity index is 486. The Labute approximate surface area is 117 Å². The molecular weight excluding hydrogens is 263 g/mol. The van der Waals surface area contributed by atoms with Crippen LogP contribution < -0.4 is 5.73 Å². The molecule has 1 aliphatic carbocycles. The number of hydrogen-bond donors (Lipinski definition) is 1. The minimum atomic E-state index is -0.501. The Hall–Kier alpha value is -1.49. The second-order valence-corrected chi connectivity index (χ2v) is 5.34. The fourth-order valence-corrected chi connectivity index (χ4v) is 2.68. The third kappa shape index (κ3) is 3.29. The van der Waals surface area contributed by atoms with Crippen molar-refractivity contribution >= 4 is 23.1 Å². The largest absolute Gasteiger partial charge is 0.392 e. The van der Waals surface area contributed by atoms with Crippen molar-refractivity contribution in [1.82, 2.24) is 4.90 Å². The third-order valence-electron chi connectivity index (χ3n) is 3.46. The summed E-state index contributed by atoms with van der Waals surface area (Å²) in [6, 6.07) is 6.14. The van der Waals surface area contributed by atoms with E-state index in [1.807, 2.05) is 0 Å². The lowest BCUT2D eigenvalue weighted by molar-refractivity contribution is 0.0710. The zero-order chi connectivity index (χ0) is 13.8. The molecule has 2 rings (SSSR count). The van der Waals surface area contributed by atoms with Crippen molar-refractivity contribution in [2.24, 2.45) is 5.73 Å². The SMILES string of the molecule is NC(=S)CN(C(=O)c1ccccc1F)C1CCCC1. The first-order valence-electron chi connectivity index (χ1n) is 6.43. The highest BCUT2D eigenvalue weighted by atomic mass is 32.1.